The Morgan fingerprint density at radius 3 is 2.48 bits per heavy atom. The number of nitrogens with zero attached hydrogens (tertiary/aromatic N) is 1. The van der Waals surface area contributed by atoms with Crippen molar-refractivity contribution in [1.29, 1.82) is 0 Å². The van der Waals surface area contributed by atoms with Gasteiger partial charge in [0.2, 0.25) is 15.9 Å². The number of benzene rings is 2. The van der Waals surface area contributed by atoms with E-state index < -0.39 is 28.4 Å². The van der Waals surface area contributed by atoms with E-state index in [1.54, 1.807) is 31.2 Å². The number of rotatable bonds is 4. The monoisotopic (exact) mass is 358 g/mol. The average molecular weight is 358 g/mol. The molecular formula is C18H18N2O4S. The summed E-state index contributed by atoms with van der Waals surface area (Å²) < 4.78 is 25.4. The molecule has 130 valence electrons. The lowest BCUT2D eigenvalue weighted by Crippen LogP contribution is -2.47. The van der Waals surface area contributed by atoms with E-state index in [1.807, 2.05) is 30.3 Å². The van der Waals surface area contributed by atoms with Gasteiger partial charge in [-0.15, -0.1) is 0 Å². The Bertz CT molecular complexity index is 910. The Morgan fingerprint density at radius 2 is 1.76 bits per heavy atom. The van der Waals surface area contributed by atoms with Crippen LogP contribution in [-0.4, -0.2) is 31.1 Å². The fourth-order valence-electron chi connectivity index (χ4n) is 2.80. The summed E-state index contributed by atoms with van der Waals surface area (Å²) in [4.78, 5) is 24.8. The van der Waals surface area contributed by atoms with Gasteiger partial charge in [-0.05, 0) is 24.1 Å². The van der Waals surface area contributed by atoms with Gasteiger partial charge < -0.3 is 5.32 Å². The zero-order valence-corrected chi connectivity index (χ0v) is 14.5. The molecule has 2 amide bonds. The molecule has 2 aromatic carbocycles. The van der Waals surface area contributed by atoms with Gasteiger partial charge in [0, 0.05) is 5.56 Å². The highest BCUT2D eigenvalue weighted by atomic mass is 32.2. The maximum Gasteiger partial charge on any atom is 0.268 e. The topological polar surface area (TPSA) is 83.6 Å². The third kappa shape index (κ3) is 3.56. The van der Waals surface area contributed by atoms with Crippen LogP contribution in [0.3, 0.4) is 0 Å². The Morgan fingerprint density at radius 1 is 1.12 bits per heavy atom. The van der Waals surface area contributed by atoms with Gasteiger partial charge in [-0.1, -0.05) is 48.5 Å². The number of carbonyl (C=O) groups is 2. The summed E-state index contributed by atoms with van der Waals surface area (Å²) in [6, 6.07) is 15.6. The van der Waals surface area contributed by atoms with Crippen LogP contribution in [0, 0.1) is 0 Å². The van der Waals surface area contributed by atoms with E-state index in [2.05, 4.69) is 5.32 Å². The predicted octanol–water partition coefficient (Wildman–Crippen LogP) is 1.85. The molecule has 1 heterocycles. The number of nitrogens with one attached hydrogen (secondary N) is 1. The summed E-state index contributed by atoms with van der Waals surface area (Å²) in [5, 5.41) is 2.73. The SMILES string of the molecule is CC(NC(=O)CN1C(=O)c2ccccc2CS1(=O)=O)c1ccccc1. The standard InChI is InChI=1S/C18H18N2O4S/c1-13(14-7-3-2-4-8-14)19-17(21)11-20-18(22)16-10-6-5-9-15(16)12-25(20,23)24/h2-10,13H,11-12H2,1H3,(H,19,21). The maximum atomic E-state index is 12.5. The molecule has 6 nitrogen and oxygen atoms in total. The molecule has 1 atom stereocenters. The fraction of sp³-hybridized carbons (Fsp3) is 0.222. The van der Waals surface area contributed by atoms with Crippen LogP contribution in [0.15, 0.2) is 54.6 Å². The van der Waals surface area contributed by atoms with Crippen LogP contribution in [0.5, 0.6) is 0 Å². The minimum absolute atomic E-state index is 0.281. The molecule has 1 aliphatic rings. The Balaban J connectivity index is 1.76. The normalized spacial score (nSPS) is 16.8. The highest BCUT2D eigenvalue weighted by molar-refractivity contribution is 7.89. The average Bonchev–Trinajstić information content (AvgIpc) is 2.59. The van der Waals surface area contributed by atoms with Crippen LogP contribution in [-0.2, 0) is 20.6 Å². The smallest absolute Gasteiger partial charge is 0.268 e. The first-order chi connectivity index (χ1) is 11.9. The maximum absolute atomic E-state index is 12.5. The first kappa shape index (κ1) is 17.2. The Labute approximate surface area is 146 Å². The van der Waals surface area contributed by atoms with Crippen LogP contribution >= 0.6 is 0 Å². The zero-order valence-electron chi connectivity index (χ0n) is 13.7. The fourth-order valence-corrected chi connectivity index (χ4v) is 4.27. The van der Waals surface area contributed by atoms with Crippen LogP contribution in [0.1, 0.15) is 34.5 Å². The van der Waals surface area contributed by atoms with Crippen molar-refractivity contribution in [2.45, 2.75) is 18.7 Å². The quantitative estimate of drug-likeness (QED) is 0.904. The Kier molecular flexibility index (Phi) is 4.59. The van der Waals surface area contributed by atoms with E-state index in [9.17, 15) is 18.0 Å². The summed E-state index contributed by atoms with van der Waals surface area (Å²) in [5.41, 5.74) is 1.68. The molecule has 0 aliphatic carbocycles. The summed E-state index contributed by atoms with van der Waals surface area (Å²) in [5.74, 6) is -1.46. The van der Waals surface area contributed by atoms with Gasteiger partial charge >= 0.3 is 0 Å². The molecule has 25 heavy (non-hydrogen) atoms. The number of amides is 2. The van der Waals surface area contributed by atoms with Crippen LogP contribution in [0.25, 0.3) is 0 Å². The molecule has 0 radical (unpaired) electrons. The van der Waals surface area contributed by atoms with Crippen LogP contribution < -0.4 is 5.32 Å². The van der Waals surface area contributed by atoms with Gasteiger partial charge in [-0.3, -0.25) is 9.59 Å². The molecule has 2 aromatic rings. The van der Waals surface area contributed by atoms with E-state index in [-0.39, 0.29) is 11.8 Å². The second kappa shape index (κ2) is 6.68. The molecular weight excluding hydrogens is 340 g/mol. The number of carbonyl (C=O) groups excluding carboxylic acids is 2. The second-order valence-electron chi connectivity index (χ2n) is 5.93. The Hall–Kier alpha value is -2.67. The van der Waals surface area contributed by atoms with E-state index in [4.69, 9.17) is 0 Å². The number of sulfonamides is 1. The van der Waals surface area contributed by atoms with Crippen molar-refractivity contribution in [2.75, 3.05) is 6.54 Å². The number of fused-ring (bicyclic) bond motifs is 1. The highest BCUT2D eigenvalue weighted by Gasteiger charge is 2.36. The minimum Gasteiger partial charge on any atom is -0.348 e. The van der Waals surface area contributed by atoms with E-state index >= 15 is 0 Å². The molecule has 1 N–H and O–H groups in total. The van der Waals surface area contributed by atoms with E-state index in [1.165, 1.54) is 0 Å². The van der Waals surface area contributed by atoms with Crippen molar-refractivity contribution in [2.24, 2.45) is 0 Å². The van der Waals surface area contributed by atoms with Crippen molar-refractivity contribution in [3.05, 3.63) is 71.3 Å². The summed E-state index contributed by atoms with van der Waals surface area (Å²) in [6.45, 7) is 1.28. The minimum atomic E-state index is -3.86. The van der Waals surface area contributed by atoms with E-state index in [0.29, 0.717) is 15.4 Å². The highest BCUT2D eigenvalue weighted by Crippen LogP contribution is 2.24. The molecule has 0 saturated carbocycles. The van der Waals surface area contributed by atoms with Crippen molar-refractivity contribution < 1.29 is 18.0 Å². The van der Waals surface area contributed by atoms with E-state index in [0.717, 1.165) is 5.56 Å². The summed E-state index contributed by atoms with van der Waals surface area (Å²) >= 11 is 0. The summed E-state index contributed by atoms with van der Waals surface area (Å²) in [6.07, 6.45) is 0. The third-order valence-corrected chi connectivity index (χ3v) is 5.75. The zero-order chi connectivity index (χ0) is 18.0. The third-order valence-electron chi connectivity index (χ3n) is 4.11. The summed E-state index contributed by atoms with van der Waals surface area (Å²) in [7, 11) is -3.86. The van der Waals surface area contributed by atoms with Crippen molar-refractivity contribution >= 4 is 21.8 Å². The predicted molar refractivity (Wildman–Crippen MR) is 93.1 cm³/mol. The lowest BCUT2D eigenvalue weighted by Gasteiger charge is -2.28. The van der Waals surface area contributed by atoms with Crippen LogP contribution in [0.2, 0.25) is 0 Å². The number of hydrogen-bond donors (Lipinski definition) is 1. The van der Waals surface area contributed by atoms with Gasteiger partial charge in [-0.2, -0.15) is 0 Å². The van der Waals surface area contributed by atoms with Gasteiger partial charge in [0.15, 0.2) is 0 Å². The lowest BCUT2D eigenvalue weighted by molar-refractivity contribution is -0.121. The van der Waals surface area contributed by atoms with Gasteiger partial charge in [0.1, 0.15) is 6.54 Å². The van der Waals surface area contributed by atoms with Crippen molar-refractivity contribution in [3.63, 3.8) is 0 Å². The molecule has 1 unspecified atom stereocenters. The molecule has 3 rings (SSSR count). The second-order valence-corrected chi connectivity index (χ2v) is 7.82. The molecule has 0 bridgehead atoms. The molecule has 0 saturated heterocycles. The largest absolute Gasteiger partial charge is 0.348 e. The first-order valence-corrected chi connectivity index (χ1v) is 9.46. The first-order valence-electron chi connectivity index (χ1n) is 7.85. The van der Waals surface area contributed by atoms with Gasteiger partial charge in [0.25, 0.3) is 5.91 Å². The number of hydrogen-bond acceptors (Lipinski definition) is 4. The van der Waals surface area contributed by atoms with Gasteiger partial charge in [-0.25, -0.2) is 12.7 Å². The molecule has 1 aliphatic heterocycles. The van der Waals surface area contributed by atoms with Crippen LogP contribution in [0.4, 0.5) is 0 Å². The molecule has 7 heteroatoms. The van der Waals surface area contributed by atoms with Crippen molar-refractivity contribution in [1.82, 2.24) is 9.62 Å². The van der Waals surface area contributed by atoms with Crippen molar-refractivity contribution in [3.8, 4) is 0 Å². The lowest BCUT2D eigenvalue weighted by atomic mass is 10.1. The molecule has 0 aromatic heterocycles. The molecule has 0 fully saturated rings. The molecule has 0 spiro atoms. The van der Waals surface area contributed by atoms with Gasteiger partial charge in [0.05, 0.1) is 11.8 Å².